The Bertz CT molecular complexity index is 890. The van der Waals surface area contributed by atoms with Crippen LogP contribution in [0.2, 0.25) is 10.0 Å². The molecule has 8 heteroatoms. The quantitative estimate of drug-likeness (QED) is 0.718. The van der Waals surface area contributed by atoms with Crippen molar-refractivity contribution in [1.29, 1.82) is 0 Å². The summed E-state index contributed by atoms with van der Waals surface area (Å²) in [5.41, 5.74) is 6.94. The van der Waals surface area contributed by atoms with E-state index in [0.717, 1.165) is 58.4 Å². The molecule has 0 bridgehead atoms. The molecule has 2 aromatic rings. The summed E-state index contributed by atoms with van der Waals surface area (Å²) in [6.45, 7) is 4.16. The maximum atomic E-state index is 13.0. The van der Waals surface area contributed by atoms with Crippen molar-refractivity contribution < 1.29 is 9.53 Å². The molecule has 0 atom stereocenters. The van der Waals surface area contributed by atoms with Gasteiger partial charge in [-0.1, -0.05) is 23.2 Å². The molecule has 31 heavy (non-hydrogen) atoms. The number of amides is 1. The first-order valence-corrected chi connectivity index (χ1v) is 11.6. The molecule has 1 aromatic heterocycles. The number of ether oxygens (including phenoxy) is 1. The van der Waals surface area contributed by atoms with Crippen molar-refractivity contribution in [3.63, 3.8) is 0 Å². The van der Waals surface area contributed by atoms with Gasteiger partial charge >= 0.3 is 0 Å². The molecule has 2 aliphatic heterocycles. The summed E-state index contributed by atoms with van der Waals surface area (Å²) in [7, 11) is 0. The predicted octanol–water partition coefficient (Wildman–Crippen LogP) is 4.25. The molecule has 0 aliphatic carbocycles. The zero-order chi connectivity index (χ0) is 21.8. The van der Waals surface area contributed by atoms with Crippen LogP contribution in [0.5, 0.6) is 5.75 Å². The van der Waals surface area contributed by atoms with Crippen LogP contribution in [0.4, 0.5) is 5.82 Å². The number of pyridine rings is 1. The number of piperidine rings is 2. The van der Waals surface area contributed by atoms with Gasteiger partial charge in [0.15, 0.2) is 0 Å². The third-order valence-electron chi connectivity index (χ3n) is 6.08. The average Bonchev–Trinajstić information content (AvgIpc) is 2.74. The minimum atomic E-state index is 0.0771. The number of hydrogen-bond donors (Lipinski definition) is 1. The number of nitrogens with zero attached hydrogens (tertiary/aromatic N) is 3. The van der Waals surface area contributed by atoms with E-state index in [0.29, 0.717) is 21.6 Å². The topological polar surface area (TPSA) is 71.7 Å². The van der Waals surface area contributed by atoms with Crippen molar-refractivity contribution in [2.75, 3.05) is 31.9 Å². The van der Waals surface area contributed by atoms with Crippen LogP contribution in [0.25, 0.3) is 0 Å². The molecule has 0 unspecified atom stereocenters. The van der Waals surface area contributed by atoms with Crippen molar-refractivity contribution in [2.45, 2.75) is 38.3 Å². The Morgan fingerprint density at radius 1 is 1.03 bits per heavy atom. The van der Waals surface area contributed by atoms with Crippen LogP contribution >= 0.6 is 23.2 Å². The van der Waals surface area contributed by atoms with Gasteiger partial charge in [-0.15, -0.1) is 0 Å². The summed E-state index contributed by atoms with van der Waals surface area (Å²) in [5.74, 6) is 1.64. The molecule has 2 fully saturated rings. The first kappa shape index (κ1) is 22.2. The number of hydrogen-bond acceptors (Lipinski definition) is 5. The SMILES string of the molecule is Nc1cc(CN2CCC(C(=O)N3CCC(Oc4cc(Cl)cc(Cl)c4)CC3)CC2)ccn1. The summed E-state index contributed by atoms with van der Waals surface area (Å²) in [5, 5.41) is 1.13. The van der Waals surface area contributed by atoms with Gasteiger partial charge in [-0.05, 0) is 61.8 Å². The molecule has 0 saturated carbocycles. The van der Waals surface area contributed by atoms with Gasteiger partial charge in [0, 0.05) is 54.6 Å². The number of anilines is 1. The molecule has 3 heterocycles. The molecule has 2 N–H and O–H groups in total. The minimum absolute atomic E-state index is 0.0771. The number of benzene rings is 1. The molecular formula is C23H28Cl2N4O2. The van der Waals surface area contributed by atoms with Crippen molar-refractivity contribution in [3.8, 4) is 5.75 Å². The molecule has 1 aromatic carbocycles. The third kappa shape index (κ3) is 6.03. The number of aromatic nitrogens is 1. The van der Waals surface area contributed by atoms with Crippen LogP contribution in [0.15, 0.2) is 36.5 Å². The number of nitrogen functional groups attached to an aromatic ring is 1. The van der Waals surface area contributed by atoms with Crippen molar-refractivity contribution in [3.05, 3.63) is 52.1 Å². The fraction of sp³-hybridized carbons (Fsp3) is 0.478. The van der Waals surface area contributed by atoms with Gasteiger partial charge in [0.25, 0.3) is 0 Å². The molecule has 1 amide bonds. The summed E-state index contributed by atoms with van der Waals surface area (Å²) >= 11 is 12.1. The molecular weight excluding hydrogens is 435 g/mol. The molecule has 0 radical (unpaired) electrons. The second-order valence-electron chi connectivity index (χ2n) is 8.39. The van der Waals surface area contributed by atoms with Crippen molar-refractivity contribution >= 4 is 34.9 Å². The normalized spacial score (nSPS) is 18.8. The molecule has 166 valence electrons. The first-order valence-electron chi connectivity index (χ1n) is 10.8. The van der Waals surface area contributed by atoms with E-state index < -0.39 is 0 Å². The van der Waals surface area contributed by atoms with E-state index in [2.05, 4.69) is 9.88 Å². The zero-order valence-corrected chi connectivity index (χ0v) is 19.0. The van der Waals surface area contributed by atoms with Gasteiger partial charge in [0.1, 0.15) is 17.7 Å². The molecule has 6 nitrogen and oxygen atoms in total. The Labute approximate surface area is 193 Å². The largest absolute Gasteiger partial charge is 0.490 e. The van der Waals surface area contributed by atoms with E-state index >= 15 is 0 Å². The Kier molecular flexibility index (Phi) is 7.20. The van der Waals surface area contributed by atoms with Crippen LogP contribution in [0.1, 0.15) is 31.2 Å². The van der Waals surface area contributed by atoms with Crippen LogP contribution in [-0.2, 0) is 11.3 Å². The third-order valence-corrected chi connectivity index (χ3v) is 6.52. The van der Waals surface area contributed by atoms with Gasteiger partial charge in [-0.3, -0.25) is 9.69 Å². The fourth-order valence-electron chi connectivity index (χ4n) is 4.43. The number of carbonyl (C=O) groups excluding carboxylic acids is 1. The summed E-state index contributed by atoms with van der Waals surface area (Å²) in [6.07, 6.45) is 5.26. The van der Waals surface area contributed by atoms with Gasteiger partial charge < -0.3 is 15.4 Å². The van der Waals surface area contributed by atoms with E-state index in [1.807, 2.05) is 17.0 Å². The van der Waals surface area contributed by atoms with E-state index in [1.54, 1.807) is 24.4 Å². The second-order valence-corrected chi connectivity index (χ2v) is 9.26. The Hall–Kier alpha value is -2.02. The number of halogens is 2. The van der Waals surface area contributed by atoms with Crippen molar-refractivity contribution in [1.82, 2.24) is 14.8 Å². The monoisotopic (exact) mass is 462 g/mol. The highest BCUT2D eigenvalue weighted by atomic mass is 35.5. The van der Waals surface area contributed by atoms with Gasteiger partial charge in [0.05, 0.1) is 0 Å². The maximum absolute atomic E-state index is 13.0. The lowest BCUT2D eigenvalue weighted by Gasteiger charge is -2.37. The first-order chi connectivity index (χ1) is 15.0. The second kappa shape index (κ2) is 10.1. The Morgan fingerprint density at radius 3 is 2.35 bits per heavy atom. The lowest BCUT2D eigenvalue weighted by molar-refractivity contribution is -0.139. The maximum Gasteiger partial charge on any atom is 0.225 e. The van der Waals surface area contributed by atoms with E-state index in [9.17, 15) is 4.79 Å². The molecule has 4 rings (SSSR count). The number of nitrogens with two attached hydrogens (primary N) is 1. The standard InChI is InChI=1S/C23H28Cl2N4O2/c24-18-12-19(25)14-21(13-18)31-20-4-9-29(10-5-20)23(30)17-2-7-28(8-3-17)15-16-1-6-27-22(26)11-16/h1,6,11-14,17,20H,2-5,7-10,15H2,(H2,26,27). The van der Waals surface area contributed by atoms with Crippen LogP contribution in [-0.4, -0.2) is 53.0 Å². The van der Waals surface area contributed by atoms with Crippen LogP contribution in [0.3, 0.4) is 0 Å². The average molecular weight is 463 g/mol. The predicted molar refractivity (Wildman–Crippen MR) is 123 cm³/mol. The van der Waals surface area contributed by atoms with Gasteiger partial charge in [0.2, 0.25) is 5.91 Å². The number of likely N-dealkylation sites (tertiary alicyclic amines) is 2. The molecule has 0 spiro atoms. The van der Waals surface area contributed by atoms with Gasteiger partial charge in [-0.25, -0.2) is 4.98 Å². The highest BCUT2D eigenvalue weighted by Gasteiger charge is 2.31. The van der Waals surface area contributed by atoms with E-state index in [1.165, 1.54) is 5.56 Å². The zero-order valence-electron chi connectivity index (χ0n) is 17.5. The molecule has 2 saturated heterocycles. The summed E-state index contributed by atoms with van der Waals surface area (Å²) < 4.78 is 6.04. The Morgan fingerprint density at radius 2 is 1.71 bits per heavy atom. The Balaban J connectivity index is 1.22. The van der Waals surface area contributed by atoms with Crippen LogP contribution in [0, 0.1) is 5.92 Å². The lowest BCUT2D eigenvalue weighted by Crippen LogP contribution is -2.46. The van der Waals surface area contributed by atoms with Gasteiger partial charge in [-0.2, -0.15) is 0 Å². The van der Waals surface area contributed by atoms with E-state index in [-0.39, 0.29) is 17.9 Å². The summed E-state index contributed by atoms with van der Waals surface area (Å²) in [6, 6.07) is 9.16. The number of rotatable bonds is 5. The molecule has 2 aliphatic rings. The fourth-order valence-corrected chi connectivity index (χ4v) is 4.94. The van der Waals surface area contributed by atoms with Crippen LogP contribution < -0.4 is 10.5 Å². The van der Waals surface area contributed by atoms with E-state index in [4.69, 9.17) is 33.7 Å². The number of carbonyl (C=O) groups is 1. The highest BCUT2D eigenvalue weighted by Crippen LogP contribution is 2.28. The summed E-state index contributed by atoms with van der Waals surface area (Å²) in [4.78, 5) is 21.5. The minimum Gasteiger partial charge on any atom is -0.490 e. The highest BCUT2D eigenvalue weighted by molar-refractivity contribution is 6.34. The lowest BCUT2D eigenvalue weighted by atomic mass is 9.94. The smallest absolute Gasteiger partial charge is 0.225 e. The van der Waals surface area contributed by atoms with Crippen molar-refractivity contribution in [2.24, 2.45) is 5.92 Å².